The van der Waals surface area contributed by atoms with Crippen LogP contribution in [0, 0.1) is 0 Å². The molecule has 1 unspecified atom stereocenters. The smallest absolute Gasteiger partial charge is 0.230 e. The lowest BCUT2D eigenvalue weighted by Crippen LogP contribution is -2.45. The zero-order valence-corrected chi connectivity index (χ0v) is 21.5. The van der Waals surface area contributed by atoms with Crippen molar-refractivity contribution in [3.8, 4) is 11.4 Å². The fraction of sp³-hybridized carbons (Fsp3) is 0.286. The van der Waals surface area contributed by atoms with E-state index in [1.807, 2.05) is 66.9 Å². The number of hydrogen-bond donors (Lipinski definition) is 1. The number of morpholine rings is 1. The van der Waals surface area contributed by atoms with E-state index in [1.165, 1.54) is 0 Å². The number of pyridine rings is 3. The number of carbonyl (C=O) groups is 1. The molecule has 1 aromatic carbocycles. The van der Waals surface area contributed by atoms with Crippen molar-refractivity contribution in [3.05, 3.63) is 72.6 Å². The van der Waals surface area contributed by atoms with Crippen LogP contribution in [-0.4, -0.2) is 52.4 Å². The number of benzene rings is 1. The van der Waals surface area contributed by atoms with E-state index in [4.69, 9.17) is 14.7 Å². The zero-order valence-electron chi connectivity index (χ0n) is 20.6. The number of fused-ring (bicyclic) bond motifs is 1. The molecule has 1 fully saturated rings. The second-order valence-corrected chi connectivity index (χ2v) is 9.94. The minimum absolute atomic E-state index is 0.113. The SMILES string of the molecule is CSc1ccc(NC(=O)Cc2cc3nc(-c4cccc(N5CC(C)O[C@@H](C)C5)n4)ccc3cn2)cc1. The van der Waals surface area contributed by atoms with Gasteiger partial charge in [-0.1, -0.05) is 6.07 Å². The Hall–Kier alpha value is -3.49. The van der Waals surface area contributed by atoms with Crippen LogP contribution in [0.15, 0.2) is 71.8 Å². The molecule has 0 bridgehead atoms. The lowest BCUT2D eigenvalue weighted by atomic mass is 10.1. The number of ether oxygens (including phenoxy) is 1. The van der Waals surface area contributed by atoms with Gasteiger partial charge in [-0.15, -0.1) is 11.8 Å². The van der Waals surface area contributed by atoms with Crippen molar-refractivity contribution in [1.29, 1.82) is 0 Å². The molecule has 0 spiro atoms. The van der Waals surface area contributed by atoms with Gasteiger partial charge in [0.15, 0.2) is 0 Å². The van der Waals surface area contributed by atoms with Crippen molar-refractivity contribution in [2.45, 2.75) is 37.4 Å². The van der Waals surface area contributed by atoms with Crippen LogP contribution < -0.4 is 10.2 Å². The molecule has 1 amide bonds. The first kappa shape index (κ1) is 24.2. The monoisotopic (exact) mass is 499 g/mol. The standard InChI is InChI=1S/C28H29N5O2S/c1-18-16-33(17-19(2)35-18)27-6-4-5-24(32-27)25-12-7-20-15-29-22(13-26(20)31-25)14-28(34)30-21-8-10-23(36-3)11-9-21/h4-13,15,18-19H,14,16-17H2,1-3H3,(H,30,34)/t18-,19?/m0/s1. The predicted octanol–water partition coefficient (Wildman–Crippen LogP) is 5.21. The Morgan fingerprint density at radius 3 is 2.53 bits per heavy atom. The molecule has 8 heteroatoms. The van der Waals surface area contributed by atoms with E-state index in [0.29, 0.717) is 5.69 Å². The Kier molecular flexibility index (Phi) is 7.16. The van der Waals surface area contributed by atoms with E-state index in [0.717, 1.165) is 51.8 Å². The molecule has 1 aliphatic heterocycles. The summed E-state index contributed by atoms with van der Waals surface area (Å²) in [7, 11) is 0. The molecule has 0 saturated carbocycles. The maximum atomic E-state index is 12.6. The summed E-state index contributed by atoms with van der Waals surface area (Å²) in [5, 5.41) is 3.86. The van der Waals surface area contributed by atoms with Crippen LogP contribution in [0.3, 0.4) is 0 Å². The number of anilines is 2. The normalized spacial score (nSPS) is 17.8. The lowest BCUT2D eigenvalue weighted by molar-refractivity contribution is -0.115. The van der Waals surface area contributed by atoms with Crippen LogP contribution in [-0.2, 0) is 16.0 Å². The summed E-state index contributed by atoms with van der Waals surface area (Å²) in [5.41, 5.74) is 3.83. The van der Waals surface area contributed by atoms with Gasteiger partial charge in [0.05, 0.1) is 41.2 Å². The first-order valence-electron chi connectivity index (χ1n) is 12.0. The van der Waals surface area contributed by atoms with Crippen LogP contribution in [0.25, 0.3) is 22.3 Å². The van der Waals surface area contributed by atoms with E-state index in [2.05, 4.69) is 29.0 Å². The van der Waals surface area contributed by atoms with Gasteiger partial charge in [-0.3, -0.25) is 9.78 Å². The van der Waals surface area contributed by atoms with Crippen LogP contribution >= 0.6 is 11.8 Å². The summed E-state index contributed by atoms with van der Waals surface area (Å²) < 4.78 is 5.87. The van der Waals surface area contributed by atoms with Crippen molar-refractivity contribution in [3.63, 3.8) is 0 Å². The highest BCUT2D eigenvalue weighted by Crippen LogP contribution is 2.24. The largest absolute Gasteiger partial charge is 0.372 e. The zero-order chi connectivity index (χ0) is 25.1. The van der Waals surface area contributed by atoms with Gasteiger partial charge < -0.3 is 15.0 Å². The molecule has 1 N–H and O–H groups in total. The van der Waals surface area contributed by atoms with Crippen LogP contribution in [0.2, 0.25) is 0 Å². The predicted molar refractivity (Wildman–Crippen MR) is 146 cm³/mol. The Morgan fingerprint density at radius 1 is 1.03 bits per heavy atom. The second kappa shape index (κ2) is 10.6. The molecule has 1 aliphatic rings. The second-order valence-electron chi connectivity index (χ2n) is 9.06. The molecule has 5 rings (SSSR count). The van der Waals surface area contributed by atoms with Crippen molar-refractivity contribution in [2.24, 2.45) is 0 Å². The van der Waals surface area contributed by atoms with Gasteiger partial charge in [-0.05, 0) is 74.7 Å². The molecular formula is C28H29N5O2S. The number of nitrogens with one attached hydrogen (secondary N) is 1. The van der Waals surface area contributed by atoms with E-state index >= 15 is 0 Å². The van der Waals surface area contributed by atoms with Gasteiger partial charge in [-0.25, -0.2) is 9.97 Å². The average molecular weight is 500 g/mol. The van der Waals surface area contributed by atoms with Crippen molar-refractivity contribution >= 4 is 40.1 Å². The number of amides is 1. The van der Waals surface area contributed by atoms with Crippen LogP contribution in [0.4, 0.5) is 11.5 Å². The number of thioether (sulfide) groups is 1. The molecule has 3 aromatic heterocycles. The summed E-state index contributed by atoms with van der Waals surface area (Å²) >= 11 is 1.67. The average Bonchev–Trinajstić information content (AvgIpc) is 2.88. The summed E-state index contributed by atoms with van der Waals surface area (Å²) in [5.74, 6) is 0.812. The number of rotatable bonds is 6. The van der Waals surface area contributed by atoms with Crippen molar-refractivity contribution in [1.82, 2.24) is 15.0 Å². The minimum atomic E-state index is -0.113. The maximum absolute atomic E-state index is 12.6. The molecule has 7 nitrogen and oxygen atoms in total. The van der Waals surface area contributed by atoms with Crippen molar-refractivity contribution < 1.29 is 9.53 Å². The molecule has 4 heterocycles. The van der Waals surface area contributed by atoms with E-state index in [9.17, 15) is 4.79 Å². The lowest BCUT2D eigenvalue weighted by Gasteiger charge is -2.36. The fourth-order valence-electron chi connectivity index (χ4n) is 4.45. The third kappa shape index (κ3) is 5.66. The molecule has 184 valence electrons. The molecular weight excluding hydrogens is 470 g/mol. The number of nitrogens with zero attached hydrogens (tertiary/aromatic N) is 4. The summed E-state index contributed by atoms with van der Waals surface area (Å²) in [6.07, 6.45) is 4.29. The summed E-state index contributed by atoms with van der Waals surface area (Å²) in [6.45, 7) is 5.80. The van der Waals surface area contributed by atoms with Crippen molar-refractivity contribution in [2.75, 3.05) is 29.6 Å². The number of carbonyl (C=O) groups excluding carboxylic acids is 1. The highest BCUT2D eigenvalue weighted by atomic mass is 32.2. The highest BCUT2D eigenvalue weighted by molar-refractivity contribution is 7.98. The number of hydrogen-bond acceptors (Lipinski definition) is 7. The van der Waals surface area contributed by atoms with Crippen LogP contribution in [0.5, 0.6) is 0 Å². The van der Waals surface area contributed by atoms with Gasteiger partial charge in [0, 0.05) is 35.3 Å². The maximum Gasteiger partial charge on any atom is 0.230 e. The van der Waals surface area contributed by atoms with Gasteiger partial charge >= 0.3 is 0 Å². The third-order valence-electron chi connectivity index (χ3n) is 6.09. The van der Waals surface area contributed by atoms with E-state index in [-0.39, 0.29) is 24.5 Å². The molecule has 0 radical (unpaired) electrons. The molecule has 0 aliphatic carbocycles. The fourth-order valence-corrected chi connectivity index (χ4v) is 4.86. The Bertz CT molecular complexity index is 1370. The Morgan fingerprint density at radius 2 is 1.78 bits per heavy atom. The summed E-state index contributed by atoms with van der Waals surface area (Å²) in [6, 6.07) is 19.7. The highest BCUT2D eigenvalue weighted by Gasteiger charge is 2.23. The minimum Gasteiger partial charge on any atom is -0.372 e. The van der Waals surface area contributed by atoms with E-state index in [1.54, 1.807) is 18.0 Å². The van der Waals surface area contributed by atoms with E-state index < -0.39 is 0 Å². The first-order chi connectivity index (χ1) is 17.5. The molecule has 1 saturated heterocycles. The third-order valence-corrected chi connectivity index (χ3v) is 6.83. The Balaban J connectivity index is 1.34. The molecule has 4 aromatic rings. The quantitative estimate of drug-likeness (QED) is 0.365. The molecule has 36 heavy (non-hydrogen) atoms. The first-order valence-corrected chi connectivity index (χ1v) is 13.3. The van der Waals surface area contributed by atoms with Gasteiger partial charge in [0.25, 0.3) is 0 Å². The molecule has 2 atom stereocenters. The Labute approximate surface area is 215 Å². The topological polar surface area (TPSA) is 80.2 Å². The van der Waals surface area contributed by atoms with Gasteiger partial charge in [-0.2, -0.15) is 0 Å². The summed E-state index contributed by atoms with van der Waals surface area (Å²) in [4.78, 5) is 30.2. The van der Waals surface area contributed by atoms with Gasteiger partial charge in [0.2, 0.25) is 5.91 Å². The van der Waals surface area contributed by atoms with Gasteiger partial charge in [0.1, 0.15) is 5.82 Å². The number of aromatic nitrogens is 3. The van der Waals surface area contributed by atoms with Crippen LogP contribution in [0.1, 0.15) is 19.5 Å².